The molecule has 0 aliphatic carbocycles. The first-order valence-electron chi connectivity index (χ1n) is 9.73. The normalized spacial score (nSPS) is 11.4. The molecule has 2 aromatic carbocycles. The molecule has 0 saturated carbocycles. The van der Waals surface area contributed by atoms with Gasteiger partial charge >= 0.3 is 0 Å². The lowest BCUT2D eigenvalue weighted by molar-refractivity contribution is -0.602. The van der Waals surface area contributed by atoms with Gasteiger partial charge in [0.15, 0.2) is 0 Å². The molecule has 0 unspecified atom stereocenters. The van der Waals surface area contributed by atoms with Crippen LogP contribution in [0, 0.1) is 13.8 Å². The van der Waals surface area contributed by atoms with E-state index in [1.54, 1.807) is 7.11 Å². The Bertz CT molecular complexity index is 908. The average molecular weight is 364 g/mol. The first-order chi connectivity index (χ1) is 12.8. The molecule has 3 nitrogen and oxygen atoms in total. The monoisotopic (exact) mass is 363 g/mol. The van der Waals surface area contributed by atoms with Crippen LogP contribution in [0.4, 0.5) is 0 Å². The average Bonchev–Trinajstić information content (AvgIpc) is 2.96. The minimum atomic E-state index is 0.468. The molecule has 0 radical (unpaired) electrons. The van der Waals surface area contributed by atoms with Crippen molar-refractivity contribution < 1.29 is 9.30 Å². The van der Waals surface area contributed by atoms with Crippen molar-refractivity contribution in [3.05, 3.63) is 71.3 Å². The lowest BCUT2D eigenvalue weighted by atomic mass is 9.92. The van der Waals surface area contributed by atoms with E-state index >= 15 is 0 Å². The van der Waals surface area contributed by atoms with Crippen LogP contribution in [-0.2, 0) is 0 Å². The Balaban J connectivity index is 2.22. The number of methoxy groups -OCH3 is 1. The van der Waals surface area contributed by atoms with Crippen molar-refractivity contribution in [2.45, 2.75) is 53.4 Å². The van der Waals surface area contributed by atoms with Gasteiger partial charge in [-0.15, -0.1) is 0 Å². The number of imidazole rings is 1. The van der Waals surface area contributed by atoms with Gasteiger partial charge in [0.05, 0.1) is 7.11 Å². The quantitative estimate of drug-likeness (QED) is 0.538. The predicted molar refractivity (Wildman–Crippen MR) is 112 cm³/mol. The molecule has 1 heterocycles. The second-order valence-corrected chi connectivity index (χ2v) is 7.82. The number of nitrogens with zero attached hydrogens (tertiary/aromatic N) is 2. The third-order valence-corrected chi connectivity index (χ3v) is 5.41. The highest BCUT2D eigenvalue weighted by Crippen LogP contribution is 2.29. The van der Waals surface area contributed by atoms with Gasteiger partial charge in [-0.25, -0.2) is 0 Å². The minimum Gasteiger partial charge on any atom is -0.497 e. The Morgan fingerprint density at radius 2 is 1.41 bits per heavy atom. The van der Waals surface area contributed by atoms with E-state index in [9.17, 15) is 0 Å². The molecular formula is C24H31N2O+. The van der Waals surface area contributed by atoms with Gasteiger partial charge in [-0.1, -0.05) is 45.9 Å². The number of hydrogen-bond donors (Lipinski definition) is 0. The maximum atomic E-state index is 5.30. The largest absolute Gasteiger partial charge is 0.497 e. The van der Waals surface area contributed by atoms with Crippen LogP contribution < -0.4 is 9.30 Å². The van der Waals surface area contributed by atoms with Crippen molar-refractivity contribution in [1.82, 2.24) is 4.57 Å². The Morgan fingerprint density at radius 1 is 0.852 bits per heavy atom. The molecule has 0 spiro atoms. The van der Waals surface area contributed by atoms with Crippen LogP contribution in [0.1, 0.15) is 62.0 Å². The van der Waals surface area contributed by atoms with Crippen LogP contribution in [0.5, 0.6) is 5.75 Å². The molecule has 0 saturated heterocycles. The van der Waals surface area contributed by atoms with E-state index in [-0.39, 0.29) is 0 Å². The fraction of sp³-hybridized carbons (Fsp3) is 0.375. The van der Waals surface area contributed by atoms with E-state index in [0.717, 1.165) is 11.4 Å². The fourth-order valence-corrected chi connectivity index (χ4v) is 3.66. The van der Waals surface area contributed by atoms with Gasteiger partial charge in [0.1, 0.15) is 28.5 Å². The molecule has 27 heavy (non-hydrogen) atoms. The summed E-state index contributed by atoms with van der Waals surface area (Å²) in [5.74, 6) is 1.81. The maximum Gasteiger partial charge on any atom is 0.254 e. The van der Waals surface area contributed by atoms with Crippen LogP contribution in [0.25, 0.3) is 11.4 Å². The molecule has 0 fully saturated rings. The first-order valence-corrected chi connectivity index (χ1v) is 9.73. The number of rotatable bonds is 5. The Hall–Kier alpha value is -2.55. The van der Waals surface area contributed by atoms with E-state index in [2.05, 4.69) is 87.3 Å². The second-order valence-electron chi connectivity index (χ2n) is 7.82. The van der Waals surface area contributed by atoms with E-state index in [4.69, 9.17) is 4.74 Å². The number of ether oxygens (including phenoxy) is 1. The molecule has 142 valence electrons. The zero-order valence-corrected chi connectivity index (χ0v) is 17.6. The summed E-state index contributed by atoms with van der Waals surface area (Å²) in [6.45, 7) is 13.5. The highest BCUT2D eigenvalue weighted by Gasteiger charge is 2.25. The standard InChI is InChI=1S/C24H31N2O/c1-16(2)22-9-8-10-23(17(3)4)24(22)26-15-25(18(5)19(26)6)20-11-13-21(27-7)14-12-20/h8-17H,1-7H3/q+1. The molecule has 1 aromatic heterocycles. The third-order valence-electron chi connectivity index (χ3n) is 5.41. The van der Waals surface area contributed by atoms with Gasteiger partial charge in [0, 0.05) is 25.0 Å². The van der Waals surface area contributed by atoms with Crippen molar-refractivity contribution in [3.63, 3.8) is 0 Å². The Morgan fingerprint density at radius 3 is 1.89 bits per heavy atom. The highest BCUT2D eigenvalue weighted by molar-refractivity contribution is 5.46. The van der Waals surface area contributed by atoms with Crippen LogP contribution in [0.15, 0.2) is 48.8 Å². The van der Waals surface area contributed by atoms with Crippen molar-refractivity contribution >= 4 is 0 Å². The van der Waals surface area contributed by atoms with Gasteiger partial charge < -0.3 is 4.74 Å². The zero-order chi connectivity index (χ0) is 19.7. The summed E-state index contributed by atoms with van der Waals surface area (Å²) in [7, 11) is 1.70. The molecular weight excluding hydrogens is 332 g/mol. The van der Waals surface area contributed by atoms with Crippen LogP contribution >= 0.6 is 0 Å². The van der Waals surface area contributed by atoms with Crippen molar-refractivity contribution in [2.24, 2.45) is 0 Å². The van der Waals surface area contributed by atoms with Crippen molar-refractivity contribution in [3.8, 4) is 17.1 Å². The molecule has 0 aliphatic heterocycles. The minimum absolute atomic E-state index is 0.468. The van der Waals surface area contributed by atoms with E-state index in [0.29, 0.717) is 11.8 Å². The molecule has 0 atom stereocenters. The smallest absolute Gasteiger partial charge is 0.254 e. The second kappa shape index (κ2) is 7.59. The summed E-state index contributed by atoms with van der Waals surface area (Å²) < 4.78 is 9.93. The number of para-hydroxylation sites is 1. The van der Waals surface area contributed by atoms with Gasteiger partial charge in [0.2, 0.25) is 0 Å². The maximum absolute atomic E-state index is 5.30. The number of benzene rings is 2. The van der Waals surface area contributed by atoms with Crippen LogP contribution in [-0.4, -0.2) is 11.7 Å². The third kappa shape index (κ3) is 3.51. The van der Waals surface area contributed by atoms with E-state index in [1.165, 1.54) is 28.2 Å². The molecule has 3 aromatic rings. The first kappa shape index (κ1) is 19.2. The Labute approximate surface area is 163 Å². The lowest BCUT2D eigenvalue weighted by Crippen LogP contribution is -2.35. The fourth-order valence-electron chi connectivity index (χ4n) is 3.66. The molecule has 0 bridgehead atoms. The molecule has 3 rings (SSSR count). The topological polar surface area (TPSA) is 18.0 Å². The summed E-state index contributed by atoms with van der Waals surface area (Å²) in [5.41, 5.74) is 7.76. The van der Waals surface area contributed by atoms with Gasteiger partial charge in [0.25, 0.3) is 6.33 Å². The lowest BCUT2D eigenvalue weighted by Gasteiger charge is -2.17. The summed E-state index contributed by atoms with van der Waals surface area (Å²) in [6.07, 6.45) is 2.22. The SMILES string of the molecule is COc1ccc(-n2c[n+](-c3c(C(C)C)cccc3C(C)C)c(C)c2C)cc1. The summed E-state index contributed by atoms with van der Waals surface area (Å²) in [6, 6.07) is 14.9. The van der Waals surface area contributed by atoms with E-state index in [1.807, 2.05) is 12.1 Å². The molecule has 0 amide bonds. The van der Waals surface area contributed by atoms with Crippen LogP contribution in [0.2, 0.25) is 0 Å². The Kier molecular flexibility index (Phi) is 5.41. The van der Waals surface area contributed by atoms with Gasteiger partial charge in [-0.3, -0.25) is 0 Å². The van der Waals surface area contributed by atoms with Crippen molar-refractivity contribution in [1.29, 1.82) is 0 Å². The molecule has 0 N–H and O–H groups in total. The number of hydrogen-bond acceptors (Lipinski definition) is 1. The summed E-state index contributed by atoms with van der Waals surface area (Å²) >= 11 is 0. The summed E-state index contributed by atoms with van der Waals surface area (Å²) in [5, 5.41) is 0. The van der Waals surface area contributed by atoms with Crippen LogP contribution in [0.3, 0.4) is 0 Å². The highest BCUT2D eigenvalue weighted by atomic mass is 16.5. The van der Waals surface area contributed by atoms with Gasteiger partial charge in [-0.05, 0) is 36.1 Å². The molecule has 0 aliphatic rings. The summed E-state index contributed by atoms with van der Waals surface area (Å²) in [4.78, 5) is 0. The van der Waals surface area contributed by atoms with E-state index < -0.39 is 0 Å². The number of aromatic nitrogens is 2. The molecule has 3 heteroatoms. The van der Waals surface area contributed by atoms with Gasteiger partial charge in [-0.2, -0.15) is 9.13 Å². The van der Waals surface area contributed by atoms with Crippen molar-refractivity contribution in [2.75, 3.05) is 7.11 Å². The predicted octanol–water partition coefficient (Wildman–Crippen LogP) is 5.63. The zero-order valence-electron chi connectivity index (χ0n) is 17.6.